The highest BCUT2D eigenvalue weighted by Crippen LogP contribution is 2.17. The lowest BCUT2D eigenvalue weighted by molar-refractivity contribution is -0.133. The van der Waals surface area contributed by atoms with Gasteiger partial charge in [-0.25, -0.2) is 0 Å². The van der Waals surface area contributed by atoms with Crippen LogP contribution in [0.4, 0.5) is 5.69 Å². The first kappa shape index (κ1) is 22.4. The first-order chi connectivity index (χ1) is 13.9. The van der Waals surface area contributed by atoms with Crippen molar-refractivity contribution in [3.05, 3.63) is 60.2 Å². The van der Waals surface area contributed by atoms with Crippen molar-refractivity contribution in [1.82, 2.24) is 9.80 Å². The number of nitrogens with one attached hydrogen (secondary N) is 1. The van der Waals surface area contributed by atoms with E-state index < -0.39 is 6.04 Å². The van der Waals surface area contributed by atoms with Gasteiger partial charge in [0, 0.05) is 18.8 Å². The highest BCUT2D eigenvalue weighted by atomic mass is 16.5. The summed E-state index contributed by atoms with van der Waals surface area (Å²) in [5.41, 5.74) is 1.79. The Hall–Kier alpha value is -2.86. The summed E-state index contributed by atoms with van der Waals surface area (Å²) in [4.78, 5) is 28.3. The van der Waals surface area contributed by atoms with Gasteiger partial charge in [0.2, 0.25) is 11.8 Å². The minimum Gasteiger partial charge on any atom is -0.489 e. The monoisotopic (exact) mass is 397 g/mol. The van der Waals surface area contributed by atoms with Gasteiger partial charge in [0.1, 0.15) is 12.4 Å². The molecule has 0 bridgehead atoms. The molecule has 0 aliphatic carbocycles. The number of hydrogen-bond acceptors (Lipinski definition) is 4. The molecule has 0 heterocycles. The Labute approximate surface area is 173 Å². The lowest BCUT2D eigenvalue weighted by Crippen LogP contribution is -2.46. The molecule has 6 heteroatoms. The minimum absolute atomic E-state index is 0.0251. The third kappa shape index (κ3) is 6.91. The molecule has 0 saturated carbocycles. The van der Waals surface area contributed by atoms with Gasteiger partial charge in [-0.3, -0.25) is 14.5 Å². The number of rotatable bonds is 10. The van der Waals surface area contributed by atoms with Gasteiger partial charge in [-0.05, 0) is 57.6 Å². The highest BCUT2D eigenvalue weighted by molar-refractivity contribution is 5.95. The number of benzene rings is 2. The molecule has 0 saturated heterocycles. The summed E-state index contributed by atoms with van der Waals surface area (Å²) < 4.78 is 5.76. The van der Waals surface area contributed by atoms with Crippen molar-refractivity contribution < 1.29 is 14.3 Å². The molecule has 2 amide bonds. The molecule has 6 nitrogen and oxygen atoms in total. The fourth-order valence-electron chi connectivity index (χ4n) is 2.85. The number of ether oxygens (including phenoxy) is 1. The summed E-state index contributed by atoms with van der Waals surface area (Å²) in [6.45, 7) is 7.74. The van der Waals surface area contributed by atoms with Crippen LogP contribution in [-0.4, -0.2) is 54.3 Å². The van der Waals surface area contributed by atoms with Crippen LogP contribution in [-0.2, 0) is 16.2 Å². The molecule has 1 N–H and O–H groups in total. The first-order valence-corrected chi connectivity index (χ1v) is 10.00. The van der Waals surface area contributed by atoms with E-state index >= 15 is 0 Å². The summed E-state index contributed by atoms with van der Waals surface area (Å²) in [5, 5.41) is 2.89. The molecule has 2 aromatic rings. The van der Waals surface area contributed by atoms with Gasteiger partial charge in [0.25, 0.3) is 0 Å². The topological polar surface area (TPSA) is 61.9 Å². The van der Waals surface area contributed by atoms with E-state index in [0.29, 0.717) is 25.4 Å². The first-order valence-electron chi connectivity index (χ1n) is 10.00. The van der Waals surface area contributed by atoms with Crippen LogP contribution in [0.2, 0.25) is 0 Å². The Morgan fingerprint density at radius 2 is 1.62 bits per heavy atom. The number of amides is 2. The Morgan fingerprint density at radius 3 is 2.21 bits per heavy atom. The number of nitrogens with zero attached hydrogens (tertiary/aromatic N) is 2. The fraction of sp³-hybridized carbons (Fsp3) is 0.391. The van der Waals surface area contributed by atoms with Gasteiger partial charge in [0.15, 0.2) is 0 Å². The molecular weight excluding hydrogens is 366 g/mol. The molecule has 0 radical (unpaired) electrons. The summed E-state index contributed by atoms with van der Waals surface area (Å²) in [6, 6.07) is 16.8. The number of carbonyl (C=O) groups is 2. The maximum Gasteiger partial charge on any atom is 0.241 e. The summed E-state index contributed by atoms with van der Waals surface area (Å²) in [5.74, 6) is 0.608. The van der Waals surface area contributed by atoms with Gasteiger partial charge in [-0.1, -0.05) is 30.3 Å². The van der Waals surface area contributed by atoms with E-state index in [9.17, 15) is 9.59 Å². The van der Waals surface area contributed by atoms with Crippen molar-refractivity contribution in [1.29, 1.82) is 0 Å². The zero-order valence-corrected chi connectivity index (χ0v) is 17.7. The third-order valence-electron chi connectivity index (χ3n) is 4.91. The van der Waals surface area contributed by atoms with Gasteiger partial charge in [-0.15, -0.1) is 0 Å². The molecule has 0 spiro atoms. The average molecular weight is 398 g/mol. The van der Waals surface area contributed by atoms with Crippen LogP contribution >= 0.6 is 0 Å². The lowest BCUT2D eigenvalue weighted by atomic mass is 10.2. The molecule has 0 aliphatic heterocycles. The zero-order valence-electron chi connectivity index (χ0n) is 17.7. The molecule has 1 atom stereocenters. The van der Waals surface area contributed by atoms with Crippen LogP contribution in [0.25, 0.3) is 0 Å². The van der Waals surface area contributed by atoms with E-state index in [1.807, 2.05) is 68.4 Å². The number of anilines is 1. The highest BCUT2D eigenvalue weighted by Gasteiger charge is 2.21. The van der Waals surface area contributed by atoms with Crippen LogP contribution < -0.4 is 10.1 Å². The van der Waals surface area contributed by atoms with E-state index in [1.54, 1.807) is 23.8 Å². The predicted octanol–water partition coefficient (Wildman–Crippen LogP) is 3.39. The molecule has 0 aliphatic rings. The molecule has 156 valence electrons. The van der Waals surface area contributed by atoms with Gasteiger partial charge < -0.3 is 15.0 Å². The molecule has 1 unspecified atom stereocenters. The number of hydrogen-bond donors (Lipinski definition) is 1. The summed E-state index contributed by atoms with van der Waals surface area (Å²) >= 11 is 0. The standard InChI is InChI=1S/C23H31N3O3/c1-5-26(6-2)22(27)16-25(4)18(3)23(28)24-20-12-14-21(15-13-20)29-17-19-10-8-7-9-11-19/h7-15,18H,5-6,16-17H2,1-4H3,(H,24,28). The molecule has 29 heavy (non-hydrogen) atoms. The Morgan fingerprint density at radius 1 is 1.00 bits per heavy atom. The van der Waals surface area contributed by atoms with Crippen LogP contribution in [0.3, 0.4) is 0 Å². The quantitative estimate of drug-likeness (QED) is 0.668. The van der Waals surface area contributed by atoms with Gasteiger partial charge in [0.05, 0.1) is 12.6 Å². The second-order valence-corrected chi connectivity index (χ2v) is 6.95. The molecule has 2 aromatic carbocycles. The van der Waals surface area contributed by atoms with E-state index in [2.05, 4.69) is 5.32 Å². The van der Waals surface area contributed by atoms with Crippen LogP contribution in [0.5, 0.6) is 5.75 Å². The molecule has 0 aromatic heterocycles. The third-order valence-corrected chi connectivity index (χ3v) is 4.91. The Balaban J connectivity index is 1.85. The molecule has 0 fully saturated rings. The second-order valence-electron chi connectivity index (χ2n) is 6.95. The van der Waals surface area contributed by atoms with Crippen molar-refractivity contribution in [2.45, 2.75) is 33.4 Å². The van der Waals surface area contributed by atoms with Gasteiger partial charge >= 0.3 is 0 Å². The maximum absolute atomic E-state index is 12.5. The Kier molecular flexibility index (Phi) is 8.68. The smallest absolute Gasteiger partial charge is 0.241 e. The van der Waals surface area contributed by atoms with Crippen molar-refractivity contribution in [3.63, 3.8) is 0 Å². The van der Waals surface area contributed by atoms with E-state index in [4.69, 9.17) is 4.74 Å². The predicted molar refractivity (Wildman–Crippen MR) is 116 cm³/mol. The van der Waals surface area contributed by atoms with E-state index in [-0.39, 0.29) is 18.4 Å². The summed E-state index contributed by atoms with van der Waals surface area (Å²) in [7, 11) is 1.78. The Bertz CT molecular complexity index is 774. The van der Waals surface area contributed by atoms with Crippen LogP contribution in [0.15, 0.2) is 54.6 Å². The summed E-state index contributed by atoms with van der Waals surface area (Å²) in [6.07, 6.45) is 0. The van der Waals surface area contributed by atoms with Crippen molar-refractivity contribution in [2.24, 2.45) is 0 Å². The zero-order chi connectivity index (χ0) is 21.2. The van der Waals surface area contributed by atoms with Gasteiger partial charge in [-0.2, -0.15) is 0 Å². The minimum atomic E-state index is -0.427. The van der Waals surface area contributed by atoms with E-state index in [0.717, 1.165) is 11.3 Å². The van der Waals surface area contributed by atoms with Crippen LogP contribution in [0.1, 0.15) is 26.3 Å². The lowest BCUT2D eigenvalue weighted by Gasteiger charge is -2.26. The van der Waals surface area contributed by atoms with Crippen molar-refractivity contribution >= 4 is 17.5 Å². The molecule has 2 rings (SSSR count). The normalized spacial score (nSPS) is 11.8. The molecular formula is C23H31N3O3. The van der Waals surface area contributed by atoms with Crippen molar-refractivity contribution in [3.8, 4) is 5.75 Å². The largest absolute Gasteiger partial charge is 0.489 e. The average Bonchev–Trinajstić information content (AvgIpc) is 2.74. The SMILES string of the molecule is CCN(CC)C(=O)CN(C)C(C)C(=O)Nc1ccc(OCc2ccccc2)cc1. The second kappa shape index (κ2) is 11.2. The van der Waals surface area contributed by atoms with E-state index in [1.165, 1.54) is 0 Å². The number of carbonyl (C=O) groups excluding carboxylic acids is 2. The fourth-order valence-corrected chi connectivity index (χ4v) is 2.85. The van der Waals surface area contributed by atoms with Crippen LogP contribution in [0, 0.1) is 0 Å². The van der Waals surface area contributed by atoms with Crippen molar-refractivity contribution in [2.75, 3.05) is 32.0 Å². The maximum atomic E-state index is 12.5. The number of likely N-dealkylation sites (N-methyl/N-ethyl adjacent to an activating group) is 2.